The van der Waals surface area contributed by atoms with Gasteiger partial charge in [0.2, 0.25) is 0 Å². The standard InChI is InChI=1S/C13H19NO3/c1-4-17-12(15)13(2,14)9-10-5-7-11(16-3)8-6-10/h5-8H,4,9,14H2,1-3H3. The lowest BCUT2D eigenvalue weighted by Gasteiger charge is -2.22. The highest BCUT2D eigenvalue weighted by molar-refractivity contribution is 5.80. The zero-order chi connectivity index (χ0) is 12.9. The zero-order valence-electron chi connectivity index (χ0n) is 10.5. The smallest absolute Gasteiger partial charge is 0.326 e. The molecule has 0 saturated heterocycles. The minimum Gasteiger partial charge on any atom is -0.497 e. The van der Waals surface area contributed by atoms with E-state index in [0.29, 0.717) is 13.0 Å². The van der Waals surface area contributed by atoms with Crippen molar-refractivity contribution in [1.82, 2.24) is 0 Å². The third-order valence-corrected chi connectivity index (χ3v) is 2.47. The Hall–Kier alpha value is -1.55. The maximum atomic E-state index is 11.6. The van der Waals surface area contributed by atoms with Crippen LogP contribution in [0.3, 0.4) is 0 Å². The number of carbonyl (C=O) groups excluding carboxylic acids is 1. The number of esters is 1. The number of hydrogen-bond donors (Lipinski definition) is 1. The summed E-state index contributed by atoms with van der Waals surface area (Å²) >= 11 is 0. The van der Waals surface area contributed by atoms with Gasteiger partial charge in [-0.2, -0.15) is 0 Å². The van der Waals surface area contributed by atoms with Gasteiger partial charge in [-0.3, -0.25) is 4.79 Å². The van der Waals surface area contributed by atoms with Crippen molar-refractivity contribution in [1.29, 1.82) is 0 Å². The Bertz CT molecular complexity index is 371. The van der Waals surface area contributed by atoms with Crippen molar-refractivity contribution in [3.05, 3.63) is 29.8 Å². The van der Waals surface area contributed by atoms with Crippen molar-refractivity contribution < 1.29 is 14.3 Å². The fourth-order valence-corrected chi connectivity index (χ4v) is 1.54. The predicted molar refractivity (Wildman–Crippen MR) is 65.9 cm³/mol. The summed E-state index contributed by atoms with van der Waals surface area (Å²) in [6.45, 7) is 3.78. The molecule has 94 valence electrons. The summed E-state index contributed by atoms with van der Waals surface area (Å²) < 4.78 is 10.00. The van der Waals surface area contributed by atoms with Gasteiger partial charge in [-0.15, -0.1) is 0 Å². The molecule has 0 amide bonds. The van der Waals surface area contributed by atoms with Crippen LogP contribution >= 0.6 is 0 Å². The highest BCUT2D eigenvalue weighted by atomic mass is 16.5. The molecule has 0 aliphatic carbocycles. The minimum atomic E-state index is -0.995. The molecule has 0 aromatic heterocycles. The number of nitrogens with two attached hydrogens (primary N) is 1. The highest BCUT2D eigenvalue weighted by Crippen LogP contribution is 2.16. The third-order valence-electron chi connectivity index (χ3n) is 2.47. The molecule has 0 fully saturated rings. The van der Waals surface area contributed by atoms with E-state index in [4.69, 9.17) is 15.2 Å². The van der Waals surface area contributed by atoms with E-state index in [9.17, 15) is 4.79 Å². The molecule has 0 bridgehead atoms. The Kier molecular flexibility index (Phi) is 4.52. The van der Waals surface area contributed by atoms with E-state index in [1.54, 1.807) is 21.0 Å². The van der Waals surface area contributed by atoms with Gasteiger partial charge in [-0.05, 0) is 31.5 Å². The molecule has 1 aromatic rings. The molecule has 1 unspecified atom stereocenters. The zero-order valence-corrected chi connectivity index (χ0v) is 10.5. The average molecular weight is 237 g/mol. The van der Waals surface area contributed by atoms with Crippen LogP contribution in [0.5, 0.6) is 5.75 Å². The highest BCUT2D eigenvalue weighted by Gasteiger charge is 2.30. The van der Waals surface area contributed by atoms with Crippen LogP contribution in [-0.2, 0) is 16.0 Å². The molecule has 0 aliphatic heterocycles. The second kappa shape index (κ2) is 5.68. The predicted octanol–water partition coefficient (Wildman–Crippen LogP) is 1.52. The van der Waals surface area contributed by atoms with Gasteiger partial charge in [0.1, 0.15) is 11.3 Å². The largest absolute Gasteiger partial charge is 0.497 e. The Morgan fingerprint density at radius 2 is 1.94 bits per heavy atom. The SMILES string of the molecule is CCOC(=O)C(C)(N)Cc1ccc(OC)cc1. The molecular weight excluding hydrogens is 218 g/mol. The van der Waals surface area contributed by atoms with Crippen molar-refractivity contribution in [3.63, 3.8) is 0 Å². The van der Waals surface area contributed by atoms with E-state index in [0.717, 1.165) is 11.3 Å². The van der Waals surface area contributed by atoms with Crippen molar-refractivity contribution >= 4 is 5.97 Å². The molecule has 1 rings (SSSR count). The number of carbonyl (C=O) groups is 1. The van der Waals surface area contributed by atoms with Gasteiger partial charge in [0.15, 0.2) is 0 Å². The van der Waals surface area contributed by atoms with Crippen molar-refractivity contribution in [2.75, 3.05) is 13.7 Å². The molecule has 4 nitrogen and oxygen atoms in total. The first-order valence-corrected chi connectivity index (χ1v) is 5.58. The lowest BCUT2D eigenvalue weighted by Crippen LogP contribution is -2.48. The molecule has 0 heterocycles. The van der Waals surface area contributed by atoms with Crippen molar-refractivity contribution in [2.45, 2.75) is 25.8 Å². The summed E-state index contributed by atoms with van der Waals surface area (Å²) in [6.07, 6.45) is 0.440. The van der Waals surface area contributed by atoms with Gasteiger partial charge in [0, 0.05) is 6.42 Å². The molecule has 17 heavy (non-hydrogen) atoms. The number of methoxy groups -OCH3 is 1. The monoisotopic (exact) mass is 237 g/mol. The maximum Gasteiger partial charge on any atom is 0.326 e. The molecule has 2 N–H and O–H groups in total. The minimum absolute atomic E-state index is 0.342. The second-order valence-electron chi connectivity index (χ2n) is 4.16. The number of hydrogen-bond acceptors (Lipinski definition) is 4. The van der Waals surface area contributed by atoms with Gasteiger partial charge < -0.3 is 15.2 Å². The number of rotatable bonds is 5. The van der Waals surface area contributed by atoms with E-state index < -0.39 is 5.54 Å². The Labute approximate surface area is 102 Å². The topological polar surface area (TPSA) is 61.5 Å². The lowest BCUT2D eigenvalue weighted by atomic mass is 9.94. The normalized spacial score (nSPS) is 13.9. The van der Waals surface area contributed by atoms with E-state index >= 15 is 0 Å². The average Bonchev–Trinajstić information content (AvgIpc) is 2.30. The van der Waals surface area contributed by atoms with Gasteiger partial charge in [0.25, 0.3) is 0 Å². The molecular formula is C13H19NO3. The summed E-state index contributed by atoms with van der Waals surface area (Å²) in [5, 5.41) is 0. The van der Waals surface area contributed by atoms with Crippen LogP contribution in [0.15, 0.2) is 24.3 Å². The first-order valence-electron chi connectivity index (χ1n) is 5.58. The molecule has 0 saturated carbocycles. The van der Waals surface area contributed by atoms with Crippen LogP contribution in [0.25, 0.3) is 0 Å². The van der Waals surface area contributed by atoms with Crippen LogP contribution in [0, 0.1) is 0 Å². The van der Waals surface area contributed by atoms with E-state index in [-0.39, 0.29) is 5.97 Å². The van der Waals surface area contributed by atoms with Crippen LogP contribution in [0.2, 0.25) is 0 Å². The lowest BCUT2D eigenvalue weighted by molar-refractivity contribution is -0.148. The quantitative estimate of drug-likeness (QED) is 0.789. The van der Waals surface area contributed by atoms with Crippen LogP contribution in [0.1, 0.15) is 19.4 Å². The van der Waals surface area contributed by atoms with Gasteiger partial charge >= 0.3 is 5.97 Å². The fraction of sp³-hybridized carbons (Fsp3) is 0.462. The molecule has 0 aliphatic rings. The Morgan fingerprint density at radius 1 is 1.35 bits per heavy atom. The number of benzene rings is 1. The molecule has 0 radical (unpaired) electrons. The van der Waals surface area contributed by atoms with E-state index in [2.05, 4.69) is 0 Å². The summed E-state index contributed by atoms with van der Waals surface area (Å²) in [4.78, 5) is 11.6. The van der Waals surface area contributed by atoms with Crippen LogP contribution < -0.4 is 10.5 Å². The summed E-state index contributed by atoms with van der Waals surface area (Å²) in [5.74, 6) is 0.402. The van der Waals surface area contributed by atoms with Crippen LogP contribution in [0.4, 0.5) is 0 Å². The summed E-state index contributed by atoms with van der Waals surface area (Å²) in [6, 6.07) is 7.47. The second-order valence-corrected chi connectivity index (χ2v) is 4.16. The van der Waals surface area contributed by atoms with Crippen LogP contribution in [-0.4, -0.2) is 25.2 Å². The summed E-state index contributed by atoms with van der Waals surface area (Å²) in [5.41, 5.74) is 5.92. The fourth-order valence-electron chi connectivity index (χ4n) is 1.54. The van der Waals surface area contributed by atoms with E-state index in [1.165, 1.54) is 0 Å². The molecule has 4 heteroatoms. The first kappa shape index (κ1) is 13.5. The first-order chi connectivity index (χ1) is 7.99. The molecule has 1 aromatic carbocycles. The van der Waals surface area contributed by atoms with E-state index in [1.807, 2.05) is 24.3 Å². The molecule has 0 spiro atoms. The van der Waals surface area contributed by atoms with Gasteiger partial charge in [0.05, 0.1) is 13.7 Å². The van der Waals surface area contributed by atoms with Crippen molar-refractivity contribution in [3.8, 4) is 5.75 Å². The Balaban J connectivity index is 2.71. The Morgan fingerprint density at radius 3 is 2.41 bits per heavy atom. The van der Waals surface area contributed by atoms with Gasteiger partial charge in [-0.25, -0.2) is 0 Å². The summed E-state index contributed by atoms with van der Waals surface area (Å²) in [7, 11) is 1.61. The molecule has 1 atom stereocenters. The third kappa shape index (κ3) is 3.75. The van der Waals surface area contributed by atoms with Gasteiger partial charge in [-0.1, -0.05) is 12.1 Å². The maximum absolute atomic E-state index is 11.6. The number of ether oxygens (including phenoxy) is 2. The van der Waals surface area contributed by atoms with Crippen molar-refractivity contribution in [2.24, 2.45) is 5.73 Å².